The number of H-pyrrole nitrogens is 1. The molecule has 2 unspecified atom stereocenters. The minimum absolute atomic E-state index is 0.0505. The van der Waals surface area contributed by atoms with E-state index in [-0.39, 0.29) is 30.1 Å². The van der Waals surface area contributed by atoms with Crippen molar-refractivity contribution in [2.75, 3.05) is 31.8 Å². The van der Waals surface area contributed by atoms with Gasteiger partial charge in [-0.25, -0.2) is 4.98 Å². The minimum Gasteiger partial charge on any atom is -0.406 e. The highest BCUT2D eigenvalue weighted by Crippen LogP contribution is 2.31. The van der Waals surface area contributed by atoms with Gasteiger partial charge in [0.1, 0.15) is 11.4 Å². The third kappa shape index (κ3) is 5.45. The molecule has 2 N–H and O–H groups in total. The number of amides is 1. The third-order valence-electron chi connectivity index (χ3n) is 5.60. The lowest BCUT2D eigenvalue weighted by Gasteiger charge is -2.35. The fraction of sp³-hybridized carbons (Fsp3) is 0.476. The number of carbonyl (C=O) groups is 1. The number of benzene rings is 1. The predicted octanol–water partition coefficient (Wildman–Crippen LogP) is 2.15. The number of nitrogens with one attached hydrogen (secondary N) is 2. The van der Waals surface area contributed by atoms with Gasteiger partial charge in [-0.2, -0.15) is 0 Å². The number of anilines is 1. The first-order valence-corrected chi connectivity index (χ1v) is 10.4. The molecule has 12 heteroatoms. The maximum absolute atomic E-state index is 12.9. The Morgan fingerprint density at radius 2 is 1.94 bits per heavy atom. The average molecular weight is 468 g/mol. The van der Waals surface area contributed by atoms with Crippen molar-refractivity contribution in [3.8, 4) is 5.75 Å². The second kappa shape index (κ2) is 9.40. The predicted molar refractivity (Wildman–Crippen MR) is 110 cm³/mol. The number of hydrogen-bond donors (Lipinski definition) is 2. The van der Waals surface area contributed by atoms with Crippen LogP contribution >= 0.6 is 0 Å². The van der Waals surface area contributed by atoms with E-state index in [9.17, 15) is 22.8 Å². The zero-order valence-corrected chi connectivity index (χ0v) is 17.7. The molecule has 0 aliphatic carbocycles. The van der Waals surface area contributed by atoms with Crippen LogP contribution in [-0.4, -0.2) is 61.3 Å². The van der Waals surface area contributed by atoms with E-state index < -0.39 is 23.9 Å². The minimum atomic E-state index is -4.80. The molecule has 2 aliphatic heterocycles. The van der Waals surface area contributed by atoms with E-state index in [1.165, 1.54) is 19.2 Å². The number of halogens is 3. The van der Waals surface area contributed by atoms with Crippen LogP contribution in [0.2, 0.25) is 0 Å². The summed E-state index contributed by atoms with van der Waals surface area (Å²) in [7, 11) is 1.43. The zero-order chi connectivity index (χ0) is 23.6. The Kier molecular flexibility index (Phi) is 6.56. The van der Waals surface area contributed by atoms with Crippen molar-refractivity contribution in [1.29, 1.82) is 0 Å². The topological polar surface area (TPSA) is 106 Å². The van der Waals surface area contributed by atoms with Gasteiger partial charge in [-0.3, -0.25) is 14.6 Å². The Hall–Kier alpha value is -3.12. The molecule has 4 rings (SSSR count). The second-order valence-corrected chi connectivity index (χ2v) is 7.88. The number of methoxy groups -OCH3 is 1. The molecule has 2 aromatic rings. The van der Waals surface area contributed by atoms with Crippen LogP contribution in [0.5, 0.6) is 5.75 Å². The first-order chi connectivity index (χ1) is 15.7. The first-order valence-electron chi connectivity index (χ1n) is 10.4. The standard InChI is InChI=1S/C21H23F3N4O5/c1-31-11-17(12-2-6-15(7-3-12)33-21(22,23)24)25-19(30)16-8-18(29)27-20(26-16)28-13-4-5-14(28)10-32-9-13/h2-3,6-8,13-14,17H,4-5,9-11H2,1H3,(H,25,30)(H,26,27,29)/t13?,14?,17-/m1/s1. The number of carbonyl (C=O) groups excluding carboxylic acids is 1. The fourth-order valence-corrected chi connectivity index (χ4v) is 4.18. The summed E-state index contributed by atoms with van der Waals surface area (Å²) < 4.78 is 51.7. The van der Waals surface area contributed by atoms with Crippen molar-refractivity contribution in [2.24, 2.45) is 0 Å². The molecule has 178 valence electrons. The summed E-state index contributed by atoms with van der Waals surface area (Å²) in [5.41, 5.74) is -0.0400. The lowest BCUT2D eigenvalue weighted by Crippen LogP contribution is -2.47. The van der Waals surface area contributed by atoms with Crippen LogP contribution < -0.4 is 20.5 Å². The Morgan fingerprint density at radius 3 is 2.55 bits per heavy atom. The van der Waals surface area contributed by atoms with Crippen molar-refractivity contribution in [3.05, 3.63) is 51.9 Å². The van der Waals surface area contributed by atoms with E-state index >= 15 is 0 Å². The number of rotatable bonds is 7. The molecule has 9 nitrogen and oxygen atoms in total. The van der Waals surface area contributed by atoms with E-state index in [4.69, 9.17) is 9.47 Å². The van der Waals surface area contributed by atoms with Crippen LogP contribution in [0.1, 0.15) is 34.9 Å². The van der Waals surface area contributed by atoms with Gasteiger partial charge in [-0.1, -0.05) is 12.1 Å². The Morgan fingerprint density at radius 1 is 1.27 bits per heavy atom. The van der Waals surface area contributed by atoms with Crippen molar-refractivity contribution in [1.82, 2.24) is 15.3 Å². The normalized spacial score (nSPS) is 21.0. The van der Waals surface area contributed by atoms with Gasteiger partial charge in [0, 0.05) is 13.2 Å². The molecule has 33 heavy (non-hydrogen) atoms. The molecule has 2 saturated heterocycles. The smallest absolute Gasteiger partial charge is 0.406 e. The van der Waals surface area contributed by atoms with Crippen LogP contribution in [0.15, 0.2) is 35.1 Å². The summed E-state index contributed by atoms with van der Waals surface area (Å²) in [5.74, 6) is -0.671. The van der Waals surface area contributed by atoms with Crippen molar-refractivity contribution < 1.29 is 32.2 Å². The van der Waals surface area contributed by atoms with E-state index in [0.29, 0.717) is 24.7 Å². The quantitative estimate of drug-likeness (QED) is 0.642. The van der Waals surface area contributed by atoms with Crippen LogP contribution in [0, 0.1) is 0 Å². The van der Waals surface area contributed by atoms with Gasteiger partial charge in [0.15, 0.2) is 0 Å². The lowest BCUT2D eigenvalue weighted by atomic mass is 10.1. The summed E-state index contributed by atoms with van der Waals surface area (Å²) in [4.78, 5) is 34.3. The number of nitrogens with zero attached hydrogens (tertiary/aromatic N) is 2. The Balaban J connectivity index is 1.52. The van der Waals surface area contributed by atoms with Crippen molar-refractivity contribution in [3.63, 3.8) is 0 Å². The number of aromatic nitrogens is 2. The van der Waals surface area contributed by atoms with Gasteiger partial charge in [0.05, 0.1) is 37.9 Å². The van der Waals surface area contributed by atoms with Gasteiger partial charge >= 0.3 is 6.36 Å². The highest BCUT2D eigenvalue weighted by Gasteiger charge is 2.39. The van der Waals surface area contributed by atoms with Gasteiger partial charge in [-0.15, -0.1) is 13.2 Å². The summed E-state index contributed by atoms with van der Waals surface area (Å²) in [5, 5.41) is 2.73. The number of ether oxygens (including phenoxy) is 3. The van der Waals surface area contributed by atoms with Crippen LogP contribution in [0.25, 0.3) is 0 Å². The number of fused-ring (bicyclic) bond motifs is 2. The third-order valence-corrected chi connectivity index (χ3v) is 5.60. The summed E-state index contributed by atoms with van der Waals surface area (Å²) in [6, 6.07) is 5.68. The summed E-state index contributed by atoms with van der Waals surface area (Å²) in [6.07, 6.45) is -2.98. The van der Waals surface area contributed by atoms with E-state index in [0.717, 1.165) is 31.0 Å². The first kappa shape index (κ1) is 23.1. The highest BCUT2D eigenvalue weighted by atomic mass is 19.4. The van der Waals surface area contributed by atoms with E-state index in [2.05, 4.69) is 20.0 Å². The highest BCUT2D eigenvalue weighted by molar-refractivity contribution is 5.92. The molecule has 0 spiro atoms. The molecule has 3 atom stereocenters. The number of morpholine rings is 1. The molecule has 2 bridgehead atoms. The van der Waals surface area contributed by atoms with Crippen molar-refractivity contribution in [2.45, 2.75) is 37.3 Å². The van der Waals surface area contributed by atoms with Gasteiger partial charge < -0.3 is 24.4 Å². The molecule has 2 aliphatic rings. The summed E-state index contributed by atoms with van der Waals surface area (Å²) in [6.45, 7) is 1.11. The Bertz CT molecular complexity index is 1030. The zero-order valence-electron chi connectivity index (χ0n) is 17.7. The van der Waals surface area contributed by atoms with Gasteiger partial charge in [0.2, 0.25) is 5.95 Å². The molecule has 3 heterocycles. The SMILES string of the molecule is COC[C@@H](NC(=O)c1cc(=O)[nH]c(N2C3CCC2COC3)n1)c1ccc(OC(F)(F)F)cc1. The van der Waals surface area contributed by atoms with E-state index in [1.54, 1.807) is 0 Å². The van der Waals surface area contributed by atoms with Gasteiger partial charge in [-0.05, 0) is 30.5 Å². The monoisotopic (exact) mass is 468 g/mol. The molecule has 2 fully saturated rings. The maximum atomic E-state index is 12.9. The number of hydrogen-bond acceptors (Lipinski definition) is 7. The van der Waals surface area contributed by atoms with Crippen molar-refractivity contribution >= 4 is 11.9 Å². The number of alkyl halides is 3. The molecule has 1 amide bonds. The molecule has 0 saturated carbocycles. The maximum Gasteiger partial charge on any atom is 0.573 e. The molecular weight excluding hydrogens is 445 g/mol. The average Bonchev–Trinajstić information content (AvgIpc) is 3.01. The lowest BCUT2D eigenvalue weighted by molar-refractivity contribution is -0.274. The molecule has 1 aromatic carbocycles. The van der Waals surface area contributed by atoms with Crippen LogP contribution in [-0.2, 0) is 9.47 Å². The molecular formula is C21H23F3N4O5. The van der Waals surface area contributed by atoms with Crippen LogP contribution in [0.4, 0.5) is 19.1 Å². The molecule has 0 radical (unpaired) electrons. The fourth-order valence-electron chi connectivity index (χ4n) is 4.18. The van der Waals surface area contributed by atoms with Crippen LogP contribution in [0.3, 0.4) is 0 Å². The molecule has 1 aromatic heterocycles. The summed E-state index contributed by atoms with van der Waals surface area (Å²) >= 11 is 0. The second-order valence-electron chi connectivity index (χ2n) is 7.88. The van der Waals surface area contributed by atoms with Gasteiger partial charge in [0.25, 0.3) is 11.5 Å². The van der Waals surface area contributed by atoms with E-state index in [1.807, 2.05) is 4.90 Å². The Labute approximate surface area is 186 Å². The largest absolute Gasteiger partial charge is 0.573 e. The number of aromatic amines is 1.